The Morgan fingerprint density at radius 3 is 2.43 bits per heavy atom. The van der Waals surface area contributed by atoms with Crippen LogP contribution in [0, 0.1) is 0 Å². The summed E-state index contributed by atoms with van der Waals surface area (Å²) >= 11 is 0. The molecule has 3 nitrogen and oxygen atoms in total. The van der Waals surface area contributed by atoms with Crippen molar-refractivity contribution < 1.29 is 5.11 Å². The van der Waals surface area contributed by atoms with E-state index in [4.69, 9.17) is 0 Å². The molecule has 1 rings (SSSR count). The van der Waals surface area contributed by atoms with E-state index in [1.54, 1.807) is 6.92 Å². The van der Waals surface area contributed by atoms with Crippen LogP contribution in [0.15, 0.2) is 24.6 Å². The molecule has 0 amide bonds. The van der Waals surface area contributed by atoms with E-state index in [1.165, 1.54) is 57.8 Å². The van der Waals surface area contributed by atoms with Gasteiger partial charge in [0.15, 0.2) is 0 Å². The Balaban J connectivity index is 1.93. The van der Waals surface area contributed by atoms with Gasteiger partial charge in [-0.2, -0.15) is 0 Å². The fourth-order valence-electron chi connectivity index (χ4n) is 2.74. The number of nitrogens with zero attached hydrogens (tertiary/aromatic N) is 1. The second-order valence-electron chi connectivity index (χ2n) is 6.05. The van der Waals surface area contributed by atoms with Gasteiger partial charge in [-0.25, -0.2) is 0 Å². The van der Waals surface area contributed by atoms with Crippen molar-refractivity contribution in [2.24, 2.45) is 0 Å². The summed E-state index contributed by atoms with van der Waals surface area (Å²) in [5, 5.41) is 12.9. The molecule has 1 aliphatic rings. The minimum Gasteiger partial charge on any atom is -0.374 e. The zero-order valence-corrected chi connectivity index (χ0v) is 13.9. The Morgan fingerprint density at radius 1 is 1.10 bits per heavy atom. The molecule has 0 saturated carbocycles. The standard InChI is InChI=1S/C18H34N2O/c1-3-4-5-6-7-8-9-10-11-12-13-14-18-19-15-16-20(18)17(2)21/h12-13,15-19,21H,3-11,14H2,1-2H3/b13-12+. The van der Waals surface area contributed by atoms with Gasteiger partial charge in [-0.05, 0) is 19.8 Å². The molecule has 0 radical (unpaired) electrons. The van der Waals surface area contributed by atoms with Gasteiger partial charge in [-0.1, -0.05) is 64.0 Å². The molecule has 0 aliphatic carbocycles. The van der Waals surface area contributed by atoms with Gasteiger partial charge in [-0.15, -0.1) is 0 Å². The molecular weight excluding hydrogens is 260 g/mol. The third kappa shape index (κ3) is 8.15. The van der Waals surface area contributed by atoms with Crippen LogP contribution in [0.4, 0.5) is 0 Å². The van der Waals surface area contributed by atoms with Crippen molar-refractivity contribution in [1.82, 2.24) is 10.2 Å². The maximum Gasteiger partial charge on any atom is 0.125 e. The minimum absolute atomic E-state index is 0.208. The lowest BCUT2D eigenvalue weighted by Gasteiger charge is -2.27. The lowest BCUT2D eigenvalue weighted by atomic mass is 10.1. The van der Waals surface area contributed by atoms with Crippen LogP contribution >= 0.6 is 0 Å². The van der Waals surface area contributed by atoms with Crippen LogP contribution in [-0.4, -0.2) is 22.4 Å². The number of allylic oxidation sites excluding steroid dienone is 1. The number of hydrogen-bond acceptors (Lipinski definition) is 3. The number of nitrogens with one attached hydrogen (secondary N) is 1. The highest BCUT2D eigenvalue weighted by molar-refractivity contribution is 4.98. The summed E-state index contributed by atoms with van der Waals surface area (Å²) in [5.41, 5.74) is 0. The number of aliphatic hydroxyl groups excluding tert-OH is 1. The predicted molar refractivity (Wildman–Crippen MR) is 90.6 cm³/mol. The number of hydrogen-bond donors (Lipinski definition) is 2. The van der Waals surface area contributed by atoms with Crippen LogP contribution in [0.5, 0.6) is 0 Å². The van der Waals surface area contributed by atoms with Gasteiger partial charge in [0.25, 0.3) is 0 Å². The molecule has 0 aromatic heterocycles. The van der Waals surface area contributed by atoms with Crippen LogP contribution < -0.4 is 5.32 Å². The third-order valence-electron chi connectivity index (χ3n) is 4.08. The van der Waals surface area contributed by atoms with Crippen LogP contribution in [0.3, 0.4) is 0 Å². The summed E-state index contributed by atoms with van der Waals surface area (Å²) in [5.74, 6) is 0. The zero-order chi connectivity index (χ0) is 15.3. The number of rotatable bonds is 12. The van der Waals surface area contributed by atoms with Gasteiger partial charge < -0.3 is 15.3 Å². The minimum atomic E-state index is -0.428. The first kappa shape index (κ1) is 18.1. The molecular formula is C18H34N2O. The highest BCUT2D eigenvalue weighted by Gasteiger charge is 2.20. The Morgan fingerprint density at radius 2 is 1.76 bits per heavy atom. The average molecular weight is 294 g/mol. The lowest BCUT2D eigenvalue weighted by molar-refractivity contribution is 0.0293. The summed E-state index contributed by atoms with van der Waals surface area (Å²) < 4.78 is 0. The predicted octanol–water partition coefficient (Wildman–Crippen LogP) is 4.50. The first-order valence-corrected chi connectivity index (χ1v) is 8.79. The van der Waals surface area contributed by atoms with E-state index in [9.17, 15) is 5.11 Å². The molecule has 1 heterocycles. The van der Waals surface area contributed by atoms with E-state index in [-0.39, 0.29) is 6.17 Å². The highest BCUT2D eigenvalue weighted by atomic mass is 16.3. The summed E-state index contributed by atoms with van der Waals surface area (Å²) in [7, 11) is 0. The van der Waals surface area contributed by atoms with Crippen molar-refractivity contribution in [3.05, 3.63) is 24.6 Å². The van der Waals surface area contributed by atoms with Gasteiger partial charge in [0.1, 0.15) is 12.4 Å². The molecule has 21 heavy (non-hydrogen) atoms. The number of aliphatic hydroxyl groups is 1. The van der Waals surface area contributed by atoms with Crippen molar-refractivity contribution in [1.29, 1.82) is 0 Å². The molecule has 0 aromatic rings. The second-order valence-corrected chi connectivity index (χ2v) is 6.05. The Bertz CT molecular complexity index is 300. The van der Waals surface area contributed by atoms with E-state index in [0.717, 1.165) is 6.42 Å². The van der Waals surface area contributed by atoms with E-state index >= 15 is 0 Å². The topological polar surface area (TPSA) is 35.5 Å². The Kier molecular flexibility index (Phi) is 10.1. The van der Waals surface area contributed by atoms with Gasteiger partial charge in [0.05, 0.1) is 0 Å². The van der Waals surface area contributed by atoms with Gasteiger partial charge >= 0.3 is 0 Å². The van der Waals surface area contributed by atoms with E-state index in [1.807, 2.05) is 17.3 Å². The maximum atomic E-state index is 9.61. The molecule has 2 unspecified atom stereocenters. The van der Waals surface area contributed by atoms with Crippen LogP contribution in [-0.2, 0) is 0 Å². The molecule has 1 aliphatic heterocycles. The fraction of sp³-hybridized carbons (Fsp3) is 0.778. The van der Waals surface area contributed by atoms with Gasteiger partial charge in [-0.3, -0.25) is 0 Å². The maximum absolute atomic E-state index is 9.61. The Labute approximate surface area is 131 Å². The molecule has 3 heteroatoms. The molecule has 0 bridgehead atoms. The smallest absolute Gasteiger partial charge is 0.125 e. The van der Waals surface area contributed by atoms with Crippen LogP contribution in [0.25, 0.3) is 0 Å². The fourth-order valence-corrected chi connectivity index (χ4v) is 2.74. The molecule has 0 fully saturated rings. The van der Waals surface area contributed by atoms with E-state index in [2.05, 4.69) is 24.4 Å². The van der Waals surface area contributed by atoms with Gasteiger partial charge in [0, 0.05) is 18.8 Å². The van der Waals surface area contributed by atoms with Crippen molar-refractivity contribution in [2.45, 2.75) is 90.4 Å². The molecule has 122 valence electrons. The van der Waals surface area contributed by atoms with Crippen LogP contribution in [0.1, 0.15) is 78.1 Å². The quantitative estimate of drug-likeness (QED) is 0.411. The normalized spacial score (nSPS) is 19.4. The largest absolute Gasteiger partial charge is 0.374 e. The first-order valence-electron chi connectivity index (χ1n) is 8.79. The summed E-state index contributed by atoms with van der Waals surface area (Å²) in [6.45, 7) is 4.07. The zero-order valence-electron chi connectivity index (χ0n) is 13.9. The van der Waals surface area contributed by atoms with Crippen molar-refractivity contribution in [3.63, 3.8) is 0 Å². The average Bonchev–Trinajstić information content (AvgIpc) is 2.93. The molecule has 0 aromatic carbocycles. The van der Waals surface area contributed by atoms with Crippen molar-refractivity contribution in [3.8, 4) is 0 Å². The Hall–Kier alpha value is -0.960. The number of unbranched alkanes of at least 4 members (excludes halogenated alkanes) is 8. The monoisotopic (exact) mass is 294 g/mol. The van der Waals surface area contributed by atoms with Crippen LogP contribution in [0.2, 0.25) is 0 Å². The van der Waals surface area contributed by atoms with E-state index < -0.39 is 6.23 Å². The second kappa shape index (κ2) is 11.7. The summed E-state index contributed by atoms with van der Waals surface area (Å²) in [6.07, 6.45) is 21.3. The van der Waals surface area contributed by atoms with Gasteiger partial charge in [0.2, 0.25) is 0 Å². The van der Waals surface area contributed by atoms with Crippen molar-refractivity contribution >= 4 is 0 Å². The summed E-state index contributed by atoms with van der Waals surface area (Å²) in [4.78, 5) is 1.95. The third-order valence-corrected chi connectivity index (χ3v) is 4.08. The highest BCUT2D eigenvalue weighted by Crippen LogP contribution is 2.13. The molecule has 0 saturated heterocycles. The summed E-state index contributed by atoms with van der Waals surface area (Å²) in [6, 6.07) is 0. The van der Waals surface area contributed by atoms with E-state index in [0.29, 0.717) is 0 Å². The SMILES string of the molecule is CCCCCCCCCC/C=C/CC1NC=CN1C(C)O. The molecule has 2 atom stereocenters. The lowest BCUT2D eigenvalue weighted by Crippen LogP contribution is -2.40. The molecule has 2 N–H and O–H groups in total. The first-order chi connectivity index (χ1) is 10.3. The molecule has 0 spiro atoms. The van der Waals surface area contributed by atoms with Crippen molar-refractivity contribution in [2.75, 3.05) is 0 Å².